The van der Waals surface area contributed by atoms with E-state index in [1.54, 1.807) is 12.1 Å². The number of anilines is 1. The second-order valence-electron chi connectivity index (χ2n) is 7.40. The first kappa shape index (κ1) is 23.5. The maximum absolute atomic E-state index is 12.7. The molecule has 1 aliphatic heterocycles. The zero-order chi connectivity index (χ0) is 22.6. The van der Waals surface area contributed by atoms with E-state index >= 15 is 0 Å². The van der Waals surface area contributed by atoms with Gasteiger partial charge in [-0.1, -0.05) is 17.7 Å². The van der Waals surface area contributed by atoms with E-state index < -0.39 is 28.0 Å². The van der Waals surface area contributed by atoms with E-state index in [1.807, 2.05) is 16.7 Å². The number of aliphatic hydroxyl groups is 1. The molecule has 0 amide bonds. The van der Waals surface area contributed by atoms with Crippen molar-refractivity contribution >= 4 is 15.9 Å². The van der Waals surface area contributed by atoms with Crippen molar-refractivity contribution in [3.05, 3.63) is 53.7 Å². The highest BCUT2D eigenvalue weighted by Gasteiger charge is 2.31. The van der Waals surface area contributed by atoms with Gasteiger partial charge >= 0.3 is 6.18 Å². The summed E-state index contributed by atoms with van der Waals surface area (Å²) in [6.45, 7) is 3.83. The number of pyridine rings is 1. The van der Waals surface area contributed by atoms with Gasteiger partial charge in [0, 0.05) is 38.9 Å². The van der Waals surface area contributed by atoms with Crippen molar-refractivity contribution in [2.75, 3.05) is 44.2 Å². The van der Waals surface area contributed by atoms with Crippen molar-refractivity contribution in [3.63, 3.8) is 0 Å². The molecule has 1 saturated heterocycles. The van der Waals surface area contributed by atoms with E-state index in [0.29, 0.717) is 32.0 Å². The van der Waals surface area contributed by atoms with Crippen LogP contribution in [0.2, 0.25) is 0 Å². The fourth-order valence-corrected chi connectivity index (χ4v) is 4.13. The molecule has 2 heterocycles. The Hall–Kier alpha value is -2.21. The fourth-order valence-electron chi connectivity index (χ4n) is 3.19. The maximum Gasteiger partial charge on any atom is 0.417 e. The summed E-state index contributed by atoms with van der Waals surface area (Å²) in [6, 6.07) is 8.58. The van der Waals surface area contributed by atoms with Gasteiger partial charge in [0.25, 0.3) is 10.1 Å². The number of aromatic nitrogens is 1. The van der Waals surface area contributed by atoms with Crippen molar-refractivity contribution in [1.29, 1.82) is 0 Å². The third-order valence-corrected chi connectivity index (χ3v) is 6.26. The summed E-state index contributed by atoms with van der Waals surface area (Å²) in [6.07, 6.45) is -4.61. The zero-order valence-electron chi connectivity index (χ0n) is 16.9. The standard InChI is InChI=1S/C20H24F3N3O4S/c1-15-2-5-18(6-3-15)31(28,29)30-14-17(27)13-25-8-10-26(11-9-25)19-7-4-16(12-24-19)20(21,22)23/h2-7,12,17,27H,8-11,13-14H2,1H3. The van der Waals surface area contributed by atoms with Gasteiger partial charge in [0.1, 0.15) is 5.82 Å². The lowest BCUT2D eigenvalue weighted by atomic mass is 10.2. The number of benzene rings is 1. The molecule has 0 bridgehead atoms. The molecule has 1 aliphatic rings. The Morgan fingerprint density at radius 3 is 2.29 bits per heavy atom. The number of hydrogen-bond acceptors (Lipinski definition) is 7. The van der Waals surface area contributed by atoms with Crippen LogP contribution >= 0.6 is 0 Å². The molecule has 1 aromatic carbocycles. The topological polar surface area (TPSA) is 83.0 Å². The molecule has 0 saturated carbocycles. The maximum atomic E-state index is 12.7. The Balaban J connectivity index is 1.45. The summed E-state index contributed by atoms with van der Waals surface area (Å²) in [4.78, 5) is 7.73. The number of alkyl halides is 3. The largest absolute Gasteiger partial charge is 0.417 e. The number of rotatable bonds is 7. The molecule has 31 heavy (non-hydrogen) atoms. The zero-order valence-corrected chi connectivity index (χ0v) is 17.7. The van der Waals surface area contributed by atoms with E-state index in [4.69, 9.17) is 4.18 Å². The van der Waals surface area contributed by atoms with Crippen molar-refractivity contribution < 1.29 is 30.9 Å². The summed E-state index contributed by atoms with van der Waals surface area (Å²) in [5.74, 6) is 0.459. The van der Waals surface area contributed by atoms with Crippen LogP contribution in [0.25, 0.3) is 0 Å². The van der Waals surface area contributed by atoms with Crippen molar-refractivity contribution in [3.8, 4) is 0 Å². The monoisotopic (exact) mass is 459 g/mol. The van der Waals surface area contributed by atoms with Gasteiger partial charge in [-0.25, -0.2) is 4.98 Å². The highest BCUT2D eigenvalue weighted by Crippen LogP contribution is 2.29. The van der Waals surface area contributed by atoms with Crippen LogP contribution in [0.1, 0.15) is 11.1 Å². The van der Waals surface area contributed by atoms with Crippen molar-refractivity contribution in [2.24, 2.45) is 0 Å². The molecule has 1 fully saturated rings. The number of hydrogen-bond donors (Lipinski definition) is 1. The Morgan fingerprint density at radius 1 is 1.10 bits per heavy atom. The van der Waals surface area contributed by atoms with E-state index in [2.05, 4.69) is 4.98 Å². The normalized spacial score (nSPS) is 17.0. The summed E-state index contributed by atoms with van der Waals surface area (Å²) in [7, 11) is -3.95. The fraction of sp³-hybridized carbons (Fsp3) is 0.450. The Kier molecular flexibility index (Phi) is 7.20. The van der Waals surface area contributed by atoms with Gasteiger partial charge in [-0.05, 0) is 31.2 Å². The number of halogens is 3. The number of β-amino-alcohol motifs (C(OH)–C–C–N with tert-alkyl or cyclic N) is 1. The molecule has 1 atom stereocenters. The third kappa shape index (κ3) is 6.39. The van der Waals surface area contributed by atoms with Crippen molar-refractivity contribution in [1.82, 2.24) is 9.88 Å². The van der Waals surface area contributed by atoms with E-state index in [9.17, 15) is 26.7 Å². The molecule has 2 aromatic rings. The van der Waals surface area contributed by atoms with Crippen LogP contribution in [-0.2, 0) is 20.5 Å². The van der Waals surface area contributed by atoms with Crippen molar-refractivity contribution in [2.45, 2.75) is 24.1 Å². The highest BCUT2D eigenvalue weighted by atomic mass is 32.2. The minimum Gasteiger partial charge on any atom is -0.389 e. The quantitative estimate of drug-likeness (QED) is 0.636. The van der Waals surface area contributed by atoms with Crippen LogP contribution in [0.5, 0.6) is 0 Å². The number of piperazine rings is 1. The van der Waals surface area contributed by atoms with Crippen LogP contribution < -0.4 is 4.90 Å². The summed E-state index contributed by atoms with van der Waals surface area (Å²) in [5.41, 5.74) is 0.128. The third-order valence-electron chi connectivity index (χ3n) is 4.97. The lowest BCUT2D eigenvalue weighted by Gasteiger charge is -2.36. The van der Waals surface area contributed by atoms with Gasteiger partial charge in [0.2, 0.25) is 0 Å². The summed E-state index contributed by atoms with van der Waals surface area (Å²) < 4.78 is 67.3. The average Bonchev–Trinajstić information content (AvgIpc) is 2.73. The lowest BCUT2D eigenvalue weighted by molar-refractivity contribution is -0.137. The Morgan fingerprint density at radius 2 is 1.74 bits per heavy atom. The van der Waals surface area contributed by atoms with Gasteiger partial charge in [-0.15, -0.1) is 0 Å². The molecular weight excluding hydrogens is 435 g/mol. The number of nitrogens with zero attached hydrogens (tertiary/aromatic N) is 3. The molecule has 1 N–H and O–H groups in total. The second kappa shape index (κ2) is 9.51. The Bertz CT molecular complexity index is 959. The van der Waals surface area contributed by atoms with E-state index in [0.717, 1.165) is 17.8 Å². The molecule has 170 valence electrons. The van der Waals surface area contributed by atoms with Crippen LogP contribution in [0.15, 0.2) is 47.5 Å². The molecule has 0 radical (unpaired) electrons. The molecule has 3 rings (SSSR count). The molecule has 0 aliphatic carbocycles. The lowest BCUT2D eigenvalue weighted by Crippen LogP contribution is -2.49. The predicted octanol–water partition coefficient (Wildman–Crippen LogP) is 2.30. The molecule has 1 unspecified atom stereocenters. The van der Waals surface area contributed by atoms with E-state index in [1.165, 1.54) is 18.2 Å². The van der Waals surface area contributed by atoms with E-state index in [-0.39, 0.29) is 18.0 Å². The smallest absolute Gasteiger partial charge is 0.389 e. The first-order valence-corrected chi connectivity index (χ1v) is 11.1. The van der Waals surface area contributed by atoms with Crippen LogP contribution in [0, 0.1) is 6.92 Å². The second-order valence-corrected chi connectivity index (χ2v) is 9.01. The SMILES string of the molecule is Cc1ccc(S(=O)(=O)OCC(O)CN2CCN(c3ccc(C(F)(F)F)cn3)CC2)cc1. The first-order valence-electron chi connectivity index (χ1n) is 9.69. The summed E-state index contributed by atoms with van der Waals surface area (Å²) >= 11 is 0. The molecular formula is C20H24F3N3O4S. The minimum absolute atomic E-state index is 0.0305. The van der Waals surface area contributed by atoms with Gasteiger partial charge in [-0.2, -0.15) is 21.6 Å². The van der Waals surface area contributed by atoms with Crippen LogP contribution in [0.3, 0.4) is 0 Å². The summed E-state index contributed by atoms with van der Waals surface area (Å²) in [5, 5.41) is 10.2. The minimum atomic E-state index is -4.42. The molecule has 7 nitrogen and oxygen atoms in total. The van der Waals surface area contributed by atoms with Gasteiger partial charge in [-0.3, -0.25) is 9.08 Å². The van der Waals surface area contributed by atoms with Crippen LogP contribution in [0.4, 0.5) is 19.0 Å². The molecule has 1 aromatic heterocycles. The first-order chi connectivity index (χ1) is 14.5. The molecule has 11 heteroatoms. The number of aliphatic hydroxyl groups excluding tert-OH is 1. The predicted molar refractivity (Wildman–Crippen MR) is 108 cm³/mol. The highest BCUT2D eigenvalue weighted by molar-refractivity contribution is 7.86. The van der Waals surface area contributed by atoms with Gasteiger partial charge in [0.05, 0.1) is 23.2 Å². The number of aryl methyl sites for hydroxylation is 1. The average molecular weight is 459 g/mol. The Labute approximate surface area is 179 Å². The van der Waals surface area contributed by atoms with Gasteiger partial charge < -0.3 is 10.0 Å². The molecule has 0 spiro atoms. The van der Waals surface area contributed by atoms with Gasteiger partial charge in [0.15, 0.2) is 0 Å². The van der Waals surface area contributed by atoms with Crippen LogP contribution in [-0.4, -0.2) is 68.8 Å².